The van der Waals surface area contributed by atoms with Crippen LogP contribution in [0, 0.1) is 18.3 Å². The molecule has 0 unspecified atom stereocenters. The quantitative estimate of drug-likeness (QED) is 0.724. The Morgan fingerprint density at radius 3 is 2.50 bits per heavy atom. The van der Waals surface area contributed by atoms with E-state index in [1.165, 1.54) is 0 Å². The summed E-state index contributed by atoms with van der Waals surface area (Å²) in [5.41, 5.74) is 1.73. The van der Waals surface area contributed by atoms with Crippen molar-refractivity contribution in [2.24, 2.45) is 0 Å². The second kappa shape index (κ2) is 6.84. The minimum Gasteiger partial charge on any atom is -0.353 e. The molecule has 0 atom stereocenters. The Bertz CT molecular complexity index is 948. The Morgan fingerprint density at radius 1 is 1.00 bits per heavy atom. The number of anilines is 2. The normalized spacial score (nSPS) is 14.3. The van der Waals surface area contributed by atoms with Gasteiger partial charge in [0.2, 0.25) is 0 Å². The highest BCUT2D eigenvalue weighted by Gasteiger charge is 2.21. The minimum absolute atomic E-state index is 0.620. The van der Waals surface area contributed by atoms with Gasteiger partial charge in [-0.05, 0) is 36.8 Å². The predicted octanol–water partition coefficient (Wildman–Crippen LogP) is 2.17. The fraction of sp³-hybridized carbons (Fsp3) is 0.263. The highest BCUT2D eigenvalue weighted by molar-refractivity contribution is 5.55. The summed E-state index contributed by atoms with van der Waals surface area (Å²) in [6, 6.07) is 11.8. The largest absolute Gasteiger partial charge is 0.353 e. The molecule has 0 aromatic carbocycles. The summed E-state index contributed by atoms with van der Waals surface area (Å²) >= 11 is 0. The molecule has 0 aliphatic carbocycles. The molecule has 4 rings (SSSR count). The fourth-order valence-electron chi connectivity index (χ4n) is 3.14. The van der Waals surface area contributed by atoms with Gasteiger partial charge in [0, 0.05) is 38.6 Å². The van der Waals surface area contributed by atoms with Gasteiger partial charge in [-0.15, -0.1) is 0 Å². The molecule has 26 heavy (non-hydrogen) atoms. The molecule has 3 aromatic rings. The first kappa shape index (κ1) is 16.1. The average molecular weight is 345 g/mol. The van der Waals surface area contributed by atoms with E-state index in [0.29, 0.717) is 5.56 Å². The van der Waals surface area contributed by atoms with Crippen LogP contribution >= 0.6 is 0 Å². The highest BCUT2D eigenvalue weighted by atomic mass is 15.3. The molecule has 0 radical (unpaired) electrons. The van der Waals surface area contributed by atoms with Crippen LogP contribution in [0.25, 0.3) is 5.82 Å². The molecule has 0 bridgehead atoms. The van der Waals surface area contributed by atoms with Gasteiger partial charge >= 0.3 is 0 Å². The second-order valence-electron chi connectivity index (χ2n) is 6.28. The van der Waals surface area contributed by atoms with Crippen molar-refractivity contribution in [3.05, 3.63) is 60.0 Å². The van der Waals surface area contributed by atoms with E-state index in [-0.39, 0.29) is 0 Å². The van der Waals surface area contributed by atoms with E-state index < -0.39 is 0 Å². The van der Waals surface area contributed by atoms with E-state index in [1.807, 2.05) is 43.6 Å². The van der Waals surface area contributed by atoms with Gasteiger partial charge in [-0.25, -0.2) is 14.6 Å². The highest BCUT2D eigenvalue weighted by Crippen LogP contribution is 2.21. The van der Waals surface area contributed by atoms with Gasteiger partial charge in [0.1, 0.15) is 17.7 Å². The Labute approximate surface area is 152 Å². The number of nitrogens with zero attached hydrogens (tertiary/aromatic N) is 7. The molecule has 1 saturated heterocycles. The Kier molecular flexibility index (Phi) is 4.23. The van der Waals surface area contributed by atoms with Crippen LogP contribution in [0.2, 0.25) is 0 Å². The third-order valence-corrected chi connectivity index (χ3v) is 4.48. The molecule has 130 valence electrons. The van der Waals surface area contributed by atoms with Gasteiger partial charge in [-0.2, -0.15) is 10.4 Å². The SMILES string of the molecule is Cc1cnn(-c2cccc(N3CCN(c4ncccc4C#N)CC3)n2)c1. The number of hydrogen-bond donors (Lipinski definition) is 0. The Hall–Kier alpha value is -3.40. The monoisotopic (exact) mass is 345 g/mol. The molecular formula is C19H19N7. The van der Waals surface area contributed by atoms with Crippen LogP contribution in [0.1, 0.15) is 11.1 Å². The topological polar surface area (TPSA) is 73.9 Å². The molecule has 1 aliphatic heterocycles. The van der Waals surface area contributed by atoms with E-state index in [0.717, 1.165) is 49.2 Å². The van der Waals surface area contributed by atoms with E-state index in [1.54, 1.807) is 16.9 Å². The molecule has 0 saturated carbocycles. The van der Waals surface area contributed by atoms with Gasteiger partial charge in [-0.1, -0.05) is 6.07 Å². The van der Waals surface area contributed by atoms with Gasteiger partial charge in [0.25, 0.3) is 0 Å². The Morgan fingerprint density at radius 2 is 1.77 bits per heavy atom. The average Bonchev–Trinajstić information content (AvgIpc) is 3.14. The van der Waals surface area contributed by atoms with Gasteiger partial charge < -0.3 is 9.80 Å². The zero-order valence-electron chi connectivity index (χ0n) is 14.6. The first-order chi connectivity index (χ1) is 12.7. The first-order valence-corrected chi connectivity index (χ1v) is 8.58. The van der Waals surface area contributed by atoms with Gasteiger partial charge in [0.15, 0.2) is 5.82 Å². The zero-order valence-corrected chi connectivity index (χ0v) is 14.6. The summed E-state index contributed by atoms with van der Waals surface area (Å²) in [6.07, 6.45) is 5.53. The molecule has 1 fully saturated rings. The maximum atomic E-state index is 9.27. The van der Waals surface area contributed by atoms with Crippen LogP contribution in [-0.2, 0) is 0 Å². The van der Waals surface area contributed by atoms with Gasteiger partial charge in [-0.3, -0.25) is 0 Å². The predicted molar refractivity (Wildman–Crippen MR) is 99.5 cm³/mol. The van der Waals surface area contributed by atoms with Crippen molar-refractivity contribution in [1.29, 1.82) is 5.26 Å². The molecule has 1 aliphatic rings. The lowest BCUT2D eigenvalue weighted by molar-refractivity contribution is 0.640. The molecule has 4 heterocycles. The van der Waals surface area contributed by atoms with Crippen molar-refractivity contribution in [2.45, 2.75) is 6.92 Å². The molecule has 7 heteroatoms. The maximum Gasteiger partial charge on any atom is 0.155 e. The summed E-state index contributed by atoms with van der Waals surface area (Å²) in [7, 11) is 0. The summed E-state index contributed by atoms with van der Waals surface area (Å²) in [4.78, 5) is 13.6. The smallest absolute Gasteiger partial charge is 0.155 e. The van der Waals surface area contributed by atoms with Crippen molar-refractivity contribution in [1.82, 2.24) is 19.7 Å². The third kappa shape index (κ3) is 3.09. The number of aryl methyl sites for hydroxylation is 1. The summed E-state index contributed by atoms with van der Waals surface area (Å²) in [5.74, 6) is 2.52. The van der Waals surface area contributed by atoms with Crippen molar-refractivity contribution in [3.8, 4) is 11.9 Å². The fourth-order valence-corrected chi connectivity index (χ4v) is 3.14. The third-order valence-electron chi connectivity index (χ3n) is 4.48. The number of aromatic nitrogens is 4. The number of nitriles is 1. The maximum absolute atomic E-state index is 9.27. The standard InChI is InChI=1S/C19H19N7/c1-15-13-22-26(14-15)18-6-2-5-17(23-18)24-8-10-25(11-9-24)19-16(12-20)4-3-7-21-19/h2-7,13-14H,8-11H2,1H3. The van der Waals surface area contributed by atoms with Crippen LogP contribution in [0.4, 0.5) is 11.6 Å². The molecule has 3 aromatic heterocycles. The number of piperazine rings is 1. The number of pyridine rings is 2. The Balaban J connectivity index is 1.49. The summed E-state index contributed by atoms with van der Waals surface area (Å²) in [6.45, 7) is 5.28. The van der Waals surface area contributed by atoms with E-state index in [9.17, 15) is 5.26 Å². The van der Waals surface area contributed by atoms with Crippen molar-refractivity contribution >= 4 is 11.6 Å². The van der Waals surface area contributed by atoms with Crippen molar-refractivity contribution < 1.29 is 0 Å². The molecular weight excluding hydrogens is 326 g/mol. The number of rotatable bonds is 3. The van der Waals surface area contributed by atoms with Crippen LogP contribution < -0.4 is 9.80 Å². The lowest BCUT2D eigenvalue weighted by Gasteiger charge is -2.36. The van der Waals surface area contributed by atoms with E-state index >= 15 is 0 Å². The summed E-state index contributed by atoms with van der Waals surface area (Å²) < 4.78 is 1.79. The second-order valence-corrected chi connectivity index (χ2v) is 6.28. The van der Waals surface area contributed by atoms with Crippen LogP contribution in [0.3, 0.4) is 0 Å². The molecule has 7 nitrogen and oxygen atoms in total. The lowest BCUT2D eigenvalue weighted by atomic mass is 10.2. The van der Waals surface area contributed by atoms with Crippen LogP contribution in [0.5, 0.6) is 0 Å². The van der Waals surface area contributed by atoms with Crippen LogP contribution in [-0.4, -0.2) is 45.9 Å². The zero-order chi connectivity index (χ0) is 17.9. The van der Waals surface area contributed by atoms with E-state index in [2.05, 4.69) is 26.0 Å². The van der Waals surface area contributed by atoms with E-state index in [4.69, 9.17) is 4.98 Å². The minimum atomic E-state index is 0.620. The lowest BCUT2D eigenvalue weighted by Crippen LogP contribution is -2.47. The molecule has 0 amide bonds. The summed E-state index contributed by atoms with van der Waals surface area (Å²) in [5, 5.41) is 13.6. The first-order valence-electron chi connectivity index (χ1n) is 8.58. The number of hydrogen-bond acceptors (Lipinski definition) is 6. The molecule has 0 spiro atoms. The van der Waals surface area contributed by atoms with Crippen LogP contribution in [0.15, 0.2) is 48.9 Å². The van der Waals surface area contributed by atoms with Crippen molar-refractivity contribution in [2.75, 3.05) is 36.0 Å². The van der Waals surface area contributed by atoms with Gasteiger partial charge in [0.05, 0.1) is 11.8 Å². The van der Waals surface area contributed by atoms with Crippen molar-refractivity contribution in [3.63, 3.8) is 0 Å². The molecule has 0 N–H and O–H groups in total.